The molecule has 0 aromatic rings. The van der Waals surface area contributed by atoms with Gasteiger partial charge in [-0.2, -0.15) is 0 Å². The minimum atomic E-state index is -0.403. The van der Waals surface area contributed by atoms with E-state index in [1.165, 1.54) is 12.8 Å². The number of nitrogens with zero attached hydrogens (tertiary/aromatic N) is 2. The summed E-state index contributed by atoms with van der Waals surface area (Å²) >= 11 is 0. The maximum Gasteiger partial charge on any atom is 0.0900 e. The Morgan fingerprint density at radius 2 is 1.75 bits per heavy atom. The highest BCUT2D eigenvalue weighted by atomic mass is 16.5. The molecular formula is C19H38N2O3. The fourth-order valence-corrected chi connectivity index (χ4v) is 4.23. The van der Waals surface area contributed by atoms with E-state index in [1.807, 2.05) is 0 Å². The average molecular weight is 343 g/mol. The predicted molar refractivity (Wildman–Crippen MR) is 97.1 cm³/mol. The Hall–Kier alpha value is -0.200. The zero-order valence-electron chi connectivity index (χ0n) is 15.9. The number of ether oxygens (including phenoxy) is 1. The highest BCUT2D eigenvalue weighted by Gasteiger charge is 2.32. The Kier molecular flexibility index (Phi) is 8.44. The van der Waals surface area contributed by atoms with Crippen LogP contribution in [0.4, 0.5) is 0 Å². The molecule has 24 heavy (non-hydrogen) atoms. The molecule has 2 rings (SSSR count). The van der Waals surface area contributed by atoms with Crippen LogP contribution in [0.15, 0.2) is 0 Å². The second kappa shape index (κ2) is 10.1. The third-order valence-corrected chi connectivity index (χ3v) is 5.81. The van der Waals surface area contributed by atoms with Crippen molar-refractivity contribution in [3.05, 3.63) is 0 Å². The monoisotopic (exact) mass is 342 g/mol. The van der Waals surface area contributed by atoms with Crippen LogP contribution in [0.3, 0.4) is 0 Å². The number of rotatable bonds is 8. The van der Waals surface area contributed by atoms with Crippen LogP contribution in [0.1, 0.15) is 40.0 Å². The molecule has 0 aromatic heterocycles. The first-order chi connectivity index (χ1) is 11.5. The summed E-state index contributed by atoms with van der Waals surface area (Å²) in [6.45, 7) is 12.9. The lowest BCUT2D eigenvalue weighted by atomic mass is 9.75. The van der Waals surface area contributed by atoms with Crippen molar-refractivity contribution in [1.29, 1.82) is 0 Å². The zero-order valence-corrected chi connectivity index (χ0v) is 15.9. The molecule has 0 radical (unpaired) electrons. The van der Waals surface area contributed by atoms with Crippen molar-refractivity contribution < 1.29 is 14.9 Å². The van der Waals surface area contributed by atoms with E-state index in [2.05, 4.69) is 30.6 Å². The fraction of sp³-hybridized carbons (Fsp3) is 1.00. The van der Waals surface area contributed by atoms with Gasteiger partial charge in [-0.1, -0.05) is 27.2 Å². The van der Waals surface area contributed by atoms with Crippen LogP contribution in [0.2, 0.25) is 0 Å². The van der Waals surface area contributed by atoms with E-state index in [1.54, 1.807) is 0 Å². The molecule has 1 heterocycles. The van der Waals surface area contributed by atoms with Gasteiger partial charge in [0.2, 0.25) is 0 Å². The molecule has 0 unspecified atom stereocenters. The van der Waals surface area contributed by atoms with Gasteiger partial charge in [-0.05, 0) is 30.6 Å². The first-order valence-corrected chi connectivity index (χ1v) is 9.84. The van der Waals surface area contributed by atoms with Crippen molar-refractivity contribution in [1.82, 2.24) is 9.80 Å². The summed E-state index contributed by atoms with van der Waals surface area (Å²) in [5, 5.41) is 19.4. The molecule has 0 aromatic carbocycles. The van der Waals surface area contributed by atoms with Crippen molar-refractivity contribution in [2.75, 3.05) is 52.5 Å². The Morgan fingerprint density at radius 3 is 2.38 bits per heavy atom. The number of hydrogen-bond acceptors (Lipinski definition) is 5. The summed E-state index contributed by atoms with van der Waals surface area (Å²) in [7, 11) is 0. The van der Waals surface area contributed by atoms with Crippen LogP contribution in [-0.4, -0.2) is 84.7 Å². The molecule has 2 N–H and O–H groups in total. The summed E-state index contributed by atoms with van der Waals surface area (Å²) in [6.07, 6.45) is 3.61. The lowest BCUT2D eigenvalue weighted by Gasteiger charge is -2.38. The van der Waals surface area contributed by atoms with Crippen molar-refractivity contribution in [3.63, 3.8) is 0 Å². The van der Waals surface area contributed by atoms with E-state index in [-0.39, 0.29) is 6.61 Å². The van der Waals surface area contributed by atoms with Crippen LogP contribution in [0.5, 0.6) is 0 Å². The van der Waals surface area contributed by atoms with Gasteiger partial charge in [0, 0.05) is 39.3 Å². The Bertz CT molecular complexity index is 346. The largest absolute Gasteiger partial charge is 0.395 e. The summed E-state index contributed by atoms with van der Waals surface area (Å²) < 4.78 is 6.17. The van der Waals surface area contributed by atoms with Crippen LogP contribution >= 0.6 is 0 Å². The summed E-state index contributed by atoms with van der Waals surface area (Å²) in [6, 6.07) is 0. The molecule has 0 amide bonds. The topological polar surface area (TPSA) is 56.2 Å². The molecule has 1 aliphatic carbocycles. The average Bonchev–Trinajstić information content (AvgIpc) is 2.55. The van der Waals surface area contributed by atoms with E-state index in [4.69, 9.17) is 9.84 Å². The van der Waals surface area contributed by atoms with E-state index >= 15 is 0 Å². The lowest BCUT2D eigenvalue weighted by molar-refractivity contribution is -0.0755. The van der Waals surface area contributed by atoms with Gasteiger partial charge >= 0.3 is 0 Å². The van der Waals surface area contributed by atoms with Gasteiger partial charge in [0.1, 0.15) is 0 Å². The van der Waals surface area contributed by atoms with E-state index in [0.717, 1.165) is 45.1 Å². The maximum absolute atomic E-state index is 10.4. The summed E-state index contributed by atoms with van der Waals surface area (Å²) in [5.74, 6) is 2.02. The molecule has 0 spiro atoms. The summed E-state index contributed by atoms with van der Waals surface area (Å²) in [4.78, 5) is 4.58. The lowest BCUT2D eigenvalue weighted by Crippen LogP contribution is -2.49. The SMILES string of the molecule is CC(C)[C@@H]1CC[C@H](C)C[C@H]1OC[C@H](O)CN1CCN(CCO)CC1. The number of piperazine rings is 1. The number of hydrogen-bond donors (Lipinski definition) is 2. The number of aliphatic hydroxyl groups is 2. The normalized spacial score (nSPS) is 31.5. The molecule has 4 atom stereocenters. The quantitative estimate of drug-likeness (QED) is 0.699. The fourth-order valence-electron chi connectivity index (χ4n) is 4.23. The molecule has 0 bridgehead atoms. The van der Waals surface area contributed by atoms with E-state index in [0.29, 0.717) is 31.1 Å². The van der Waals surface area contributed by atoms with Crippen LogP contribution in [-0.2, 0) is 4.74 Å². The van der Waals surface area contributed by atoms with Crippen molar-refractivity contribution in [2.45, 2.75) is 52.2 Å². The second-order valence-corrected chi connectivity index (χ2v) is 8.22. The van der Waals surface area contributed by atoms with Gasteiger partial charge in [-0.3, -0.25) is 9.80 Å². The van der Waals surface area contributed by atoms with Gasteiger partial charge < -0.3 is 14.9 Å². The third kappa shape index (κ3) is 6.26. The molecule has 142 valence electrons. The molecule has 2 fully saturated rings. The highest BCUT2D eigenvalue weighted by Crippen LogP contribution is 2.35. The molecule has 5 heteroatoms. The van der Waals surface area contributed by atoms with Gasteiger partial charge in [-0.15, -0.1) is 0 Å². The van der Waals surface area contributed by atoms with Gasteiger partial charge in [0.25, 0.3) is 0 Å². The van der Waals surface area contributed by atoms with E-state index < -0.39 is 6.10 Å². The van der Waals surface area contributed by atoms with Crippen molar-refractivity contribution in [2.24, 2.45) is 17.8 Å². The Morgan fingerprint density at radius 1 is 1.08 bits per heavy atom. The van der Waals surface area contributed by atoms with E-state index in [9.17, 15) is 5.11 Å². The van der Waals surface area contributed by atoms with Gasteiger partial charge in [0.05, 0.1) is 25.4 Å². The van der Waals surface area contributed by atoms with Gasteiger partial charge in [0.15, 0.2) is 0 Å². The third-order valence-electron chi connectivity index (χ3n) is 5.81. The molecule has 1 aliphatic heterocycles. The number of β-amino-alcohol motifs (C(OH)–C–C–N with tert-alkyl or cyclic N) is 2. The summed E-state index contributed by atoms with van der Waals surface area (Å²) in [5.41, 5.74) is 0. The first-order valence-electron chi connectivity index (χ1n) is 9.84. The molecule has 1 saturated carbocycles. The molecule has 1 saturated heterocycles. The van der Waals surface area contributed by atoms with Crippen LogP contribution in [0.25, 0.3) is 0 Å². The minimum Gasteiger partial charge on any atom is -0.395 e. The zero-order chi connectivity index (χ0) is 17.5. The molecule has 2 aliphatic rings. The maximum atomic E-state index is 10.4. The Balaban J connectivity index is 1.69. The van der Waals surface area contributed by atoms with Gasteiger partial charge in [-0.25, -0.2) is 0 Å². The smallest absolute Gasteiger partial charge is 0.0900 e. The molecule has 5 nitrogen and oxygen atoms in total. The number of aliphatic hydroxyl groups excluding tert-OH is 2. The first kappa shape index (κ1) is 20.1. The highest BCUT2D eigenvalue weighted by molar-refractivity contribution is 4.82. The van der Waals surface area contributed by atoms with Crippen molar-refractivity contribution >= 4 is 0 Å². The standard InChI is InChI=1S/C19H38N2O3/c1-15(2)18-5-4-16(3)12-19(18)24-14-17(23)13-21-8-6-20(7-9-21)10-11-22/h15-19,22-23H,4-14H2,1-3H3/t16-,17+,18-,19+/m0/s1. The van der Waals surface area contributed by atoms with Crippen molar-refractivity contribution in [3.8, 4) is 0 Å². The Labute approximate surface area is 148 Å². The molecular weight excluding hydrogens is 304 g/mol. The second-order valence-electron chi connectivity index (χ2n) is 8.22. The van der Waals surface area contributed by atoms with Crippen LogP contribution in [0, 0.1) is 17.8 Å². The minimum absolute atomic E-state index is 0.229. The van der Waals surface area contributed by atoms with Crippen LogP contribution < -0.4 is 0 Å². The predicted octanol–water partition coefficient (Wildman–Crippen LogP) is 1.43.